The molecule has 4 heteroatoms. The fourth-order valence-electron chi connectivity index (χ4n) is 2.84. The molecule has 2 rings (SSSR count). The van der Waals surface area contributed by atoms with Crippen molar-refractivity contribution in [3.63, 3.8) is 0 Å². The van der Waals surface area contributed by atoms with E-state index in [1.807, 2.05) is 0 Å². The molecule has 0 aliphatic heterocycles. The minimum atomic E-state index is 0.855. The van der Waals surface area contributed by atoms with E-state index in [1.165, 1.54) is 24.8 Å². The van der Waals surface area contributed by atoms with E-state index in [1.54, 1.807) is 7.11 Å². The molecule has 0 saturated heterocycles. The van der Waals surface area contributed by atoms with Gasteiger partial charge in [0.2, 0.25) is 0 Å². The Bertz CT molecular complexity index is 413. The van der Waals surface area contributed by atoms with Crippen LogP contribution in [0.25, 0.3) is 0 Å². The lowest BCUT2D eigenvalue weighted by molar-refractivity contribution is 0.409. The summed E-state index contributed by atoms with van der Waals surface area (Å²) in [7, 11) is 1.68. The van der Waals surface area contributed by atoms with Gasteiger partial charge in [0.25, 0.3) is 0 Å². The topological polar surface area (TPSA) is 21.3 Å². The molecule has 0 amide bonds. The molecule has 0 heterocycles. The standard InChI is InChI=1S/C15H21Br2NO/c1-10-3-4-11(5-10)8-18-9-12-6-13(16)15(19-2)14(17)7-12/h6-7,10-11,18H,3-5,8-9H2,1-2H3. The normalized spacial score (nSPS) is 22.7. The van der Waals surface area contributed by atoms with Gasteiger partial charge in [0.15, 0.2) is 0 Å². The predicted octanol–water partition coefficient (Wildman–Crippen LogP) is 4.75. The third kappa shape index (κ3) is 4.20. The highest BCUT2D eigenvalue weighted by Gasteiger charge is 2.20. The molecule has 0 bridgehead atoms. The summed E-state index contributed by atoms with van der Waals surface area (Å²) in [5.41, 5.74) is 1.27. The van der Waals surface area contributed by atoms with Crippen molar-refractivity contribution in [1.82, 2.24) is 5.32 Å². The van der Waals surface area contributed by atoms with Gasteiger partial charge >= 0.3 is 0 Å². The fourth-order valence-corrected chi connectivity index (χ4v) is 4.45. The average molecular weight is 391 g/mol. The van der Waals surface area contributed by atoms with E-state index >= 15 is 0 Å². The van der Waals surface area contributed by atoms with Gasteiger partial charge in [0, 0.05) is 6.54 Å². The van der Waals surface area contributed by atoms with Crippen LogP contribution in [-0.4, -0.2) is 13.7 Å². The molecular weight excluding hydrogens is 370 g/mol. The largest absolute Gasteiger partial charge is 0.494 e. The molecule has 19 heavy (non-hydrogen) atoms. The average Bonchev–Trinajstić information content (AvgIpc) is 2.75. The van der Waals surface area contributed by atoms with Crippen molar-refractivity contribution in [2.45, 2.75) is 32.7 Å². The van der Waals surface area contributed by atoms with Gasteiger partial charge in [-0.15, -0.1) is 0 Å². The van der Waals surface area contributed by atoms with Crippen molar-refractivity contribution in [3.05, 3.63) is 26.6 Å². The first-order valence-electron chi connectivity index (χ1n) is 6.82. The highest BCUT2D eigenvalue weighted by molar-refractivity contribution is 9.11. The Morgan fingerprint density at radius 3 is 2.47 bits per heavy atom. The Kier molecular flexibility index (Phi) is 5.72. The van der Waals surface area contributed by atoms with Crippen LogP contribution in [0.15, 0.2) is 21.1 Å². The molecule has 0 spiro atoms. The second kappa shape index (κ2) is 7.09. The number of rotatable bonds is 5. The summed E-state index contributed by atoms with van der Waals surface area (Å²) in [5.74, 6) is 2.63. The molecule has 0 radical (unpaired) electrons. The summed E-state index contributed by atoms with van der Waals surface area (Å²) in [4.78, 5) is 0. The van der Waals surface area contributed by atoms with Crippen molar-refractivity contribution in [2.24, 2.45) is 11.8 Å². The van der Waals surface area contributed by atoms with E-state index in [2.05, 4.69) is 56.2 Å². The van der Waals surface area contributed by atoms with Gasteiger partial charge in [-0.25, -0.2) is 0 Å². The monoisotopic (exact) mass is 389 g/mol. The molecular formula is C15H21Br2NO. The lowest BCUT2D eigenvalue weighted by Crippen LogP contribution is -2.21. The summed E-state index contributed by atoms with van der Waals surface area (Å²) >= 11 is 7.08. The zero-order chi connectivity index (χ0) is 13.8. The quantitative estimate of drug-likeness (QED) is 0.783. The summed E-state index contributed by atoms with van der Waals surface area (Å²) in [6.45, 7) is 4.40. The van der Waals surface area contributed by atoms with Crippen LogP contribution >= 0.6 is 31.9 Å². The Balaban J connectivity index is 1.86. The van der Waals surface area contributed by atoms with E-state index in [9.17, 15) is 0 Å². The highest BCUT2D eigenvalue weighted by Crippen LogP contribution is 2.34. The summed E-state index contributed by atoms with van der Waals surface area (Å²) < 4.78 is 7.31. The molecule has 0 aromatic heterocycles. The maximum absolute atomic E-state index is 5.31. The first-order chi connectivity index (χ1) is 9.10. The third-order valence-electron chi connectivity index (χ3n) is 3.83. The number of methoxy groups -OCH3 is 1. The molecule has 106 valence electrons. The van der Waals surface area contributed by atoms with Crippen LogP contribution in [0.4, 0.5) is 0 Å². The van der Waals surface area contributed by atoms with Gasteiger partial charge in [0.05, 0.1) is 16.1 Å². The Morgan fingerprint density at radius 1 is 1.26 bits per heavy atom. The number of halogens is 2. The molecule has 2 unspecified atom stereocenters. The summed E-state index contributed by atoms with van der Waals surface area (Å²) in [5, 5.41) is 3.57. The Morgan fingerprint density at radius 2 is 1.95 bits per heavy atom. The van der Waals surface area contributed by atoms with E-state index < -0.39 is 0 Å². The molecule has 1 fully saturated rings. The summed E-state index contributed by atoms with van der Waals surface area (Å²) in [6, 6.07) is 4.24. The van der Waals surface area contributed by atoms with Gasteiger partial charge in [0.1, 0.15) is 5.75 Å². The number of ether oxygens (including phenoxy) is 1. The van der Waals surface area contributed by atoms with Crippen molar-refractivity contribution >= 4 is 31.9 Å². The molecule has 1 aliphatic carbocycles. The van der Waals surface area contributed by atoms with E-state index in [0.29, 0.717) is 0 Å². The van der Waals surface area contributed by atoms with Gasteiger partial charge in [-0.1, -0.05) is 13.3 Å². The number of hydrogen-bond acceptors (Lipinski definition) is 2. The van der Waals surface area contributed by atoms with Gasteiger partial charge in [-0.2, -0.15) is 0 Å². The zero-order valence-electron chi connectivity index (χ0n) is 11.5. The van der Waals surface area contributed by atoms with Crippen molar-refractivity contribution in [1.29, 1.82) is 0 Å². The molecule has 1 aromatic rings. The minimum Gasteiger partial charge on any atom is -0.494 e. The van der Waals surface area contributed by atoms with Crippen LogP contribution < -0.4 is 10.1 Å². The molecule has 1 aliphatic rings. The maximum atomic E-state index is 5.31. The van der Waals surface area contributed by atoms with E-state index in [0.717, 1.165) is 39.6 Å². The minimum absolute atomic E-state index is 0.855. The van der Waals surface area contributed by atoms with E-state index in [4.69, 9.17) is 4.74 Å². The van der Waals surface area contributed by atoms with Crippen LogP contribution in [0.5, 0.6) is 5.75 Å². The molecule has 2 atom stereocenters. The first-order valence-corrected chi connectivity index (χ1v) is 8.41. The third-order valence-corrected chi connectivity index (χ3v) is 5.01. The second-order valence-electron chi connectivity index (χ2n) is 5.51. The van der Waals surface area contributed by atoms with Crippen LogP contribution in [0.1, 0.15) is 31.7 Å². The Hall–Kier alpha value is -0.0600. The Labute approximate surface area is 132 Å². The summed E-state index contributed by atoms with van der Waals surface area (Å²) in [6.07, 6.45) is 4.15. The zero-order valence-corrected chi connectivity index (χ0v) is 14.7. The molecule has 1 N–H and O–H groups in total. The number of hydrogen-bond donors (Lipinski definition) is 1. The molecule has 2 nitrogen and oxygen atoms in total. The van der Waals surface area contributed by atoms with Crippen LogP contribution in [-0.2, 0) is 6.54 Å². The van der Waals surface area contributed by atoms with Crippen molar-refractivity contribution < 1.29 is 4.74 Å². The SMILES string of the molecule is COc1c(Br)cc(CNCC2CCC(C)C2)cc1Br. The lowest BCUT2D eigenvalue weighted by atomic mass is 10.1. The predicted molar refractivity (Wildman–Crippen MR) is 86.6 cm³/mol. The van der Waals surface area contributed by atoms with Crippen molar-refractivity contribution in [2.75, 3.05) is 13.7 Å². The van der Waals surface area contributed by atoms with Gasteiger partial charge in [-0.05, 0) is 80.8 Å². The fraction of sp³-hybridized carbons (Fsp3) is 0.600. The smallest absolute Gasteiger partial charge is 0.147 e. The first kappa shape index (κ1) is 15.3. The highest BCUT2D eigenvalue weighted by atomic mass is 79.9. The number of benzene rings is 1. The molecule has 1 saturated carbocycles. The van der Waals surface area contributed by atoms with Gasteiger partial charge in [-0.3, -0.25) is 0 Å². The van der Waals surface area contributed by atoms with Crippen LogP contribution in [0.3, 0.4) is 0 Å². The van der Waals surface area contributed by atoms with Gasteiger partial charge < -0.3 is 10.1 Å². The maximum Gasteiger partial charge on any atom is 0.147 e. The lowest BCUT2D eigenvalue weighted by Gasteiger charge is -2.13. The van der Waals surface area contributed by atoms with Crippen LogP contribution in [0, 0.1) is 11.8 Å². The number of nitrogens with one attached hydrogen (secondary N) is 1. The second-order valence-corrected chi connectivity index (χ2v) is 7.22. The van der Waals surface area contributed by atoms with Crippen molar-refractivity contribution in [3.8, 4) is 5.75 Å². The molecule has 1 aromatic carbocycles. The van der Waals surface area contributed by atoms with E-state index in [-0.39, 0.29) is 0 Å². The van der Waals surface area contributed by atoms with Crippen LogP contribution in [0.2, 0.25) is 0 Å².